The van der Waals surface area contributed by atoms with E-state index in [0.29, 0.717) is 24.2 Å². The van der Waals surface area contributed by atoms with Crippen LogP contribution in [0.4, 0.5) is 4.39 Å². The molecule has 1 aromatic rings. The van der Waals surface area contributed by atoms with Crippen molar-refractivity contribution in [2.75, 3.05) is 0 Å². The van der Waals surface area contributed by atoms with Crippen LogP contribution in [-0.2, 0) is 10.8 Å². The van der Waals surface area contributed by atoms with Crippen LogP contribution in [0.25, 0.3) is 0 Å². The van der Waals surface area contributed by atoms with E-state index in [0.717, 1.165) is 12.8 Å². The van der Waals surface area contributed by atoms with Gasteiger partial charge >= 0.3 is 0 Å². The van der Waals surface area contributed by atoms with Gasteiger partial charge in [0.1, 0.15) is 0 Å². The molecule has 0 N–H and O–H groups in total. The molecule has 1 rings (SSSR count). The van der Waals surface area contributed by atoms with E-state index in [-0.39, 0.29) is 0 Å². The van der Waals surface area contributed by atoms with Crippen molar-refractivity contribution in [1.82, 2.24) is 0 Å². The van der Waals surface area contributed by atoms with Crippen LogP contribution >= 0.6 is 0 Å². The number of nitriles is 1. The van der Waals surface area contributed by atoms with Gasteiger partial charge in [-0.2, -0.15) is 5.26 Å². The molecule has 0 aliphatic carbocycles. The molecule has 0 amide bonds. The van der Waals surface area contributed by atoms with E-state index in [1.807, 2.05) is 6.07 Å². The average Bonchev–Trinajstić information content (AvgIpc) is 2.38. The first kappa shape index (κ1) is 13.9. The predicted octanol–water partition coefficient (Wildman–Crippen LogP) is 3.56. The fourth-order valence-corrected chi connectivity index (χ4v) is 2.60. The summed E-state index contributed by atoms with van der Waals surface area (Å²) in [4.78, 5) is 0.539. The second-order valence-corrected chi connectivity index (χ2v) is 5.36. The zero-order valence-corrected chi connectivity index (χ0v) is 10.5. The van der Waals surface area contributed by atoms with Crippen LogP contribution in [0.5, 0.6) is 0 Å². The van der Waals surface area contributed by atoms with Gasteiger partial charge in [-0.1, -0.05) is 24.6 Å². The summed E-state index contributed by atoms with van der Waals surface area (Å²) >= 11 is 0. The predicted molar refractivity (Wildman–Crippen MR) is 66.4 cm³/mol. The van der Waals surface area contributed by atoms with Crippen molar-refractivity contribution in [3.05, 3.63) is 30.3 Å². The topological polar surface area (TPSA) is 40.9 Å². The van der Waals surface area contributed by atoms with Crippen molar-refractivity contribution >= 4 is 10.8 Å². The second-order valence-electron chi connectivity index (χ2n) is 3.78. The standard InChI is InChI=1S/C13H16FNOS/c14-13(10-6-1-2-7-11-15)17(16)12-8-4-3-5-9-12/h3-5,8-9,13H,1-2,6-7,10H2. The maximum atomic E-state index is 13.6. The molecule has 0 spiro atoms. The highest BCUT2D eigenvalue weighted by Gasteiger charge is 2.16. The van der Waals surface area contributed by atoms with E-state index in [4.69, 9.17) is 5.26 Å². The minimum absolute atomic E-state index is 0.299. The first-order valence-electron chi connectivity index (χ1n) is 5.72. The molecule has 0 aromatic heterocycles. The zero-order chi connectivity index (χ0) is 12.5. The molecule has 0 fully saturated rings. The highest BCUT2D eigenvalue weighted by molar-refractivity contribution is 7.85. The van der Waals surface area contributed by atoms with Crippen LogP contribution in [0, 0.1) is 11.3 Å². The van der Waals surface area contributed by atoms with Gasteiger partial charge in [-0.3, -0.25) is 4.21 Å². The summed E-state index contributed by atoms with van der Waals surface area (Å²) in [5, 5.41) is 8.34. The summed E-state index contributed by atoms with van der Waals surface area (Å²) in [7, 11) is -1.57. The summed E-state index contributed by atoms with van der Waals surface area (Å²) in [6, 6.07) is 10.7. The first-order valence-corrected chi connectivity index (χ1v) is 6.93. The molecule has 92 valence electrons. The van der Waals surface area contributed by atoms with Gasteiger partial charge in [0.2, 0.25) is 0 Å². The third kappa shape index (κ3) is 5.10. The van der Waals surface area contributed by atoms with Crippen LogP contribution in [0.1, 0.15) is 32.1 Å². The van der Waals surface area contributed by atoms with E-state index in [9.17, 15) is 8.60 Å². The lowest BCUT2D eigenvalue weighted by Crippen LogP contribution is -2.09. The van der Waals surface area contributed by atoms with Crippen LogP contribution < -0.4 is 0 Å². The Balaban J connectivity index is 2.31. The quantitative estimate of drug-likeness (QED) is 0.697. The third-order valence-electron chi connectivity index (χ3n) is 2.43. The normalized spacial score (nSPS) is 13.9. The largest absolute Gasteiger partial charge is 0.251 e. The van der Waals surface area contributed by atoms with Gasteiger partial charge in [0.15, 0.2) is 5.50 Å². The number of halogens is 1. The molecule has 0 saturated heterocycles. The van der Waals surface area contributed by atoms with Crippen LogP contribution in [0.15, 0.2) is 35.2 Å². The summed E-state index contributed by atoms with van der Waals surface area (Å²) in [5.74, 6) is 0. The molecule has 2 atom stereocenters. The van der Waals surface area contributed by atoms with Crippen molar-refractivity contribution in [3.8, 4) is 6.07 Å². The van der Waals surface area contributed by atoms with Gasteiger partial charge in [0, 0.05) is 11.3 Å². The summed E-state index contributed by atoms with van der Waals surface area (Å²) < 4.78 is 25.4. The maximum Gasteiger partial charge on any atom is 0.179 e. The zero-order valence-electron chi connectivity index (χ0n) is 9.64. The number of hydrogen-bond acceptors (Lipinski definition) is 2. The van der Waals surface area contributed by atoms with Gasteiger partial charge < -0.3 is 0 Å². The minimum Gasteiger partial charge on any atom is -0.251 e. The monoisotopic (exact) mass is 253 g/mol. The lowest BCUT2D eigenvalue weighted by molar-refractivity contribution is 0.402. The lowest BCUT2D eigenvalue weighted by atomic mass is 10.2. The van der Waals surface area contributed by atoms with Crippen molar-refractivity contribution in [2.45, 2.75) is 42.5 Å². The maximum absolute atomic E-state index is 13.6. The summed E-state index contributed by atoms with van der Waals surface area (Å²) in [6.07, 6.45) is 3.11. The molecule has 0 bridgehead atoms. The molecule has 1 aromatic carbocycles. The Morgan fingerprint density at radius 1 is 1.24 bits per heavy atom. The van der Waals surface area contributed by atoms with Crippen LogP contribution in [-0.4, -0.2) is 9.71 Å². The Morgan fingerprint density at radius 2 is 1.94 bits per heavy atom. The molecular weight excluding hydrogens is 237 g/mol. The van der Waals surface area contributed by atoms with Gasteiger partial charge in [-0.05, 0) is 31.4 Å². The molecule has 0 saturated carbocycles. The van der Waals surface area contributed by atoms with Crippen molar-refractivity contribution < 1.29 is 8.60 Å². The SMILES string of the molecule is N#CCCCCCC(F)S(=O)c1ccccc1. The second kappa shape index (κ2) is 7.97. The van der Waals surface area contributed by atoms with Crippen molar-refractivity contribution in [3.63, 3.8) is 0 Å². The third-order valence-corrected chi connectivity index (χ3v) is 3.86. The molecule has 0 aliphatic rings. The Bertz CT molecular complexity index is 388. The number of benzene rings is 1. The number of unbranched alkanes of at least 4 members (excludes halogenated alkanes) is 3. The minimum atomic E-state index is -1.57. The summed E-state index contributed by atoms with van der Waals surface area (Å²) in [5.41, 5.74) is -1.31. The molecule has 4 heteroatoms. The Morgan fingerprint density at radius 3 is 2.59 bits per heavy atom. The van der Waals surface area contributed by atoms with E-state index in [2.05, 4.69) is 6.07 Å². The molecule has 17 heavy (non-hydrogen) atoms. The van der Waals surface area contributed by atoms with E-state index >= 15 is 0 Å². The number of alkyl halides is 1. The highest BCUT2D eigenvalue weighted by Crippen LogP contribution is 2.17. The van der Waals surface area contributed by atoms with E-state index < -0.39 is 16.3 Å². The van der Waals surface area contributed by atoms with Gasteiger partial charge in [-0.25, -0.2) is 4.39 Å². The molecule has 0 aliphatic heterocycles. The number of nitrogens with zero attached hydrogens (tertiary/aromatic N) is 1. The van der Waals surface area contributed by atoms with Crippen LogP contribution in [0.2, 0.25) is 0 Å². The lowest BCUT2D eigenvalue weighted by Gasteiger charge is -2.07. The average molecular weight is 253 g/mol. The van der Waals surface area contributed by atoms with Crippen molar-refractivity contribution in [2.24, 2.45) is 0 Å². The first-order chi connectivity index (χ1) is 8.25. The Kier molecular flexibility index (Phi) is 6.49. The Hall–Kier alpha value is -1.21. The van der Waals surface area contributed by atoms with Crippen molar-refractivity contribution in [1.29, 1.82) is 5.26 Å². The molecule has 2 nitrogen and oxygen atoms in total. The van der Waals surface area contributed by atoms with Crippen LogP contribution in [0.3, 0.4) is 0 Å². The van der Waals surface area contributed by atoms with Gasteiger partial charge in [-0.15, -0.1) is 0 Å². The molecule has 2 unspecified atom stereocenters. The van der Waals surface area contributed by atoms with E-state index in [1.165, 1.54) is 0 Å². The van der Waals surface area contributed by atoms with Gasteiger partial charge in [0.05, 0.1) is 16.9 Å². The number of rotatable bonds is 7. The van der Waals surface area contributed by atoms with Gasteiger partial charge in [0.25, 0.3) is 0 Å². The summed E-state index contributed by atoms with van der Waals surface area (Å²) in [6.45, 7) is 0. The molecule has 0 radical (unpaired) electrons. The van der Waals surface area contributed by atoms with E-state index in [1.54, 1.807) is 24.3 Å². The molecule has 0 heterocycles. The smallest absolute Gasteiger partial charge is 0.179 e. The fraction of sp³-hybridized carbons (Fsp3) is 0.462. The Labute approximate surface area is 104 Å². The molecular formula is C13H16FNOS. The highest BCUT2D eigenvalue weighted by atomic mass is 32.2. The fourth-order valence-electron chi connectivity index (χ4n) is 1.49. The number of hydrogen-bond donors (Lipinski definition) is 0.